The van der Waals surface area contributed by atoms with Gasteiger partial charge in [0.25, 0.3) is 11.5 Å². The Bertz CT molecular complexity index is 1320. The molecule has 0 unspecified atom stereocenters. The standard InChI is InChI=1S/C23H27FN4O5S/c24-16-6-5-15(17(13-16)28-11-1-2-12-34(28,32)33)14-25-20(30)18-19(29)21(31)27-10-4-9-23(7-3-8-23)22(27)26-18/h5-6,13,29H,1-4,7-12,14H2,(H,25,30). The summed E-state index contributed by atoms with van der Waals surface area (Å²) in [5.74, 6) is -1.49. The first-order valence-corrected chi connectivity index (χ1v) is 13.2. The third kappa shape index (κ3) is 3.75. The number of amides is 1. The first-order valence-electron chi connectivity index (χ1n) is 11.6. The molecule has 1 spiro atoms. The number of carbonyl (C=O) groups excluding carboxylic acids is 1. The minimum Gasteiger partial charge on any atom is -0.501 e. The highest BCUT2D eigenvalue weighted by atomic mass is 32.2. The topological polar surface area (TPSA) is 122 Å². The second-order valence-electron chi connectivity index (χ2n) is 9.38. The zero-order valence-electron chi connectivity index (χ0n) is 18.7. The zero-order chi connectivity index (χ0) is 24.1. The average Bonchev–Trinajstić information content (AvgIpc) is 2.78. The maximum Gasteiger partial charge on any atom is 0.296 e. The van der Waals surface area contributed by atoms with Crippen molar-refractivity contribution in [2.75, 3.05) is 16.6 Å². The average molecular weight is 491 g/mol. The quantitative estimate of drug-likeness (QED) is 0.678. The van der Waals surface area contributed by atoms with Crippen LogP contribution in [0.1, 0.15) is 66.8 Å². The second-order valence-corrected chi connectivity index (χ2v) is 11.4. The normalized spacial score (nSPS) is 20.4. The molecule has 3 aliphatic rings. The highest BCUT2D eigenvalue weighted by molar-refractivity contribution is 7.92. The van der Waals surface area contributed by atoms with Crippen LogP contribution in [0.3, 0.4) is 0 Å². The van der Waals surface area contributed by atoms with Crippen molar-refractivity contribution in [3.05, 3.63) is 51.5 Å². The molecule has 3 heterocycles. The Morgan fingerprint density at radius 3 is 2.62 bits per heavy atom. The number of hydrogen-bond acceptors (Lipinski definition) is 6. The molecule has 0 atom stereocenters. The van der Waals surface area contributed by atoms with E-state index in [-0.39, 0.29) is 35.6 Å². The molecule has 34 heavy (non-hydrogen) atoms. The van der Waals surface area contributed by atoms with Crippen molar-refractivity contribution in [1.82, 2.24) is 14.9 Å². The third-order valence-corrected chi connectivity index (χ3v) is 9.14. The molecule has 0 bridgehead atoms. The molecular formula is C23H27FN4O5S. The molecular weight excluding hydrogens is 463 g/mol. The number of sulfonamides is 1. The summed E-state index contributed by atoms with van der Waals surface area (Å²) in [6, 6.07) is 3.77. The molecule has 2 aromatic rings. The SMILES string of the molecule is O=C(NCc1ccc(F)cc1N1CCCCS1(=O)=O)c1nc2n(c(=O)c1O)CCCC21CCC1. The van der Waals surface area contributed by atoms with Crippen LogP contribution < -0.4 is 15.2 Å². The summed E-state index contributed by atoms with van der Waals surface area (Å²) in [6.45, 7) is 0.575. The summed E-state index contributed by atoms with van der Waals surface area (Å²) in [6.07, 6.45) is 5.75. The fraction of sp³-hybridized carbons (Fsp3) is 0.522. The molecule has 2 aliphatic heterocycles. The van der Waals surface area contributed by atoms with Crippen molar-refractivity contribution >= 4 is 21.6 Å². The second kappa shape index (κ2) is 8.37. The van der Waals surface area contributed by atoms with Crippen LogP contribution >= 0.6 is 0 Å². The van der Waals surface area contributed by atoms with Crippen molar-refractivity contribution in [1.29, 1.82) is 0 Å². The predicted molar refractivity (Wildman–Crippen MR) is 123 cm³/mol. The van der Waals surface area contributed by atoms with E-state index in [1.165, 1.54) is 21.0 Å². The van der Waals surface area contributed by atoms with E-state index >= 15 is 0 Å². The summed E-state index contributed by atoms with van der Waals surface area (Å²) in [4.78, 5) is 30.2. The van der Waals surface area contributed by atoms with Gasteiger partial charge in [-0.3, -0.25) is 18.5 Å². The van der Waals surface area contributed by atoms with Gasteiger partial charge < -0.3 is 10.4 Å². The summed E-state index contributed by atoms with van der Waals surface area (Å²) in [5.41, 5.74) is -0.588. The van der Waals surface area contributed by atoms with E-state index in [1.807, 2.05) is 0 Å². The van der Waals surface area contributed by atoms with Crippen LogP contribution in [0.4, 0.5) is 10.1 Å². The Kier molecular flexibility index (Phi) is 5.62. The van der Waals surface area contributed by atoms with E-state index in [4.69, 9.17) is 0 Å². The van der Waals surface area contributed by atoms with Crippen LogP contribution in [-0.4, -0.2) is 41.3 Å². The molecule has 182 valence electrons. The Balaban J connectivity index is 1.43. The number of aromatic nitrogens is 2. The fourth-order valence-electron chi connectivity index (χ4n) is 5.32. The highest BCUT2D eigenvalue weighted by Gasteiger charge is 2.45. The van der Waals surface area contributed by atoms with Crippen molar-refractivity contribution in [2.24, 2.45) is 0 Å². The summed E-state index contributed by atoms with van der Waals surface area (Å²) >= 11 is 0. The first kappa shape index (κ1) is 22.8. The number of halogens is 1. The van der Waals surface area contributed by atoms with Gasteiger partial charge in [0.05, 0.1) is 11.4 Å². The van der Waals surface area contributed by atoms with E-state index in [1.54, 1.807) is 0 Å². The number of fused-ring (bicyclic) bond motifs is 2. The van der Waals surface area contributed by atoms with Gasteiger partial charge in [-0.05, 0) is 56.2 Å². The highest BCUT2D eigenvalue weighted by Crippen LogP contribution is 2.48. The fourth-order valence-corrected chi connectivity index (χ4v) is 6.98. The van der Waals surface area contributed by atoms with E-state index in [0.29, 0.717) is 30.8 Å². The van der Waals surface area contributed by atoms with Gasteiger partial charge in [0.1, 0.15) is 11.6 Å². The van der Waals surface area contributed by atoms with Crippen LogP contribution in [0.5, 0.6) is 5.75 Å². The van der Waals surface area contributed by atoms with Crippen molar-refractivity contribution in [2.45, 2.75) is 63.5 Å². The number of benzene rings is 1. The van der Waals surface area contributed by atoms with E-state index in [0.717, 1.165) is 38.2 Å². The molecule has 0 radical (unpaired) electrons. The number of carbonyl (C=O) groups is 1. The number of nitrogens with one attached hydrogen (secondary N) is 1. The van der Waals surface area contributed by atoms with Crippen LogP contribution in [0, 0.1) is 5.82 Å². The molecule has 1 aromatic carbocycles. The number of anilines is 1. The molecule has 1 aromatic heterocycles. The van der Waals surface area contributed by atoms with Crippen LogP contribution in [0.2, 0.25) is 0 Å². The molecule has 9 nitrogen and oxygen atoms in total. The lowest BCUT2D eigenvalue weighted by Gasteiger charge is -2.45. The predicted octanol–water partition coefficient (Wildman–Crippen LogP) is 2.16. The van der Waals surface area contributed by atoms with Gasteiger partial charge >= 0.3 is 0 Å². The molecule has 1 saturated carbocycles. The third-order valence-electron chi connectivity index (χ3n) is 7.29. The lowest BCUT2D eigenvalue weighted by Crippen LogP contribution is -2.45. The van der Waals surface area contributed by atoms with Crippen molar-refractivity contribution in [3.63, 3.8) is 0 Å². The van der Waals surface area contributed by atoms with Gasteiger partial charge in [-0.1, -0.05) is 12.5 Å². The van der Waals surface area contributed by atoms with Gasteiger partial charge in [-0.15, -0.1) is 0 Å². The number of hydrogen-bond donors (Lipinski definition) is 2. The number of nitrogens with zero attached hydrogens (tertiary/aromatic N) is 3. The smallest absolute Gasteiger partial charge is 0.296 e. The monoisotopic (exact) mass is 490 g/mol. The summed E-state index contributed by atoms with van der Waals surface area (Å²) in [7, 11) is -3.58. The molecule has 2 fully saturated rings. The zero-order valence-corrected chi connectivity index (χ0v) is 19.5. The van der Waals surface area contributed by atoms with Gasteiger partial charge in [0.2, 0.25) is 15.8 Å². The Morgan fingerprint density at radius 2 is 1.91 bits per heavy atom. The molecule has 5 rings (SSSR count). The minimum absolute atomic E-state index is 0.0199. The number of rotatable bonds is 4. The van der Waals surface area contributed by atoms with E-state index in [9.17, 15) is 27.5 Å². The van der Waals surface area contributed by atoms with Gasteiger partial charge in [0, 0.05) is 25.0 Å². The Morgan fingerprint density at radius 1 is 1.15 bits per heavy atom. The maximum atomic E-state index is 14.0. The Hall–Kier alpha value is -2.95. The first-order chi connectivity index (χ1) is 16.2. The van der Waals surface area contributed by atoms with Crippen LogP contribution in [0.25, 0.3) is 0 Å². The molecule has 2 N–H and O–H groups in total. The van der Waals surface area contributed by atoms with Crippen molar-refractivity contribution < 1.29 is 22.7 Å². The van der Waals surface area contributed by atoms with Gasteiger partial charge in [-0.2, -0.15) is 0 Å². The van der Waals surface area contributed by atoms with Crippen LogP contribution in [0.15, 0.2) is 23.0 Å². The molecule has 1 aliphatic carbocycles. The largest absolute Gasteiger partial charge is 0.501 e. The number of aromatic hydroxyl groups is 1. The summed E-state index contributed by atoms with van der Waals surface area (Å²) in [5, 5.41) is 13.1. The van der Waals surface area contributed by atoms with Gasteiger partial charge in [0.15, 0.2) is 5.69 Å². The van der Waals surface area contributed by atoms with Crippen LogP contribution in [-0.2, 0) is 28.5 Å². The van der Waals surface area contributed by atoms with E-state index < -0.39 is 33.1 Å². The van der Waals surface area contributed by atoms with Gasteiger partial charge in [-0.25, -0.2) is 17.8 Å². The molecule has 11 heteroatoms. The maximum absolute atomic E-state index is 14.0. The van der Waals surface area contributed by atoms with Crippen molar-refractivity contribution in [3.8, 4) is 5.75 Å². The van der Waals surface area contributed by atoms with E-state index in [2.05, 4.69) is 10.3 Å². The Labute approximate surface area is 196 Å². The lowest BCUT2D eigenvalue weighted by atomic mass is 9.64. The molecule has 1 saturated heterocycles. The summed E-state index contributed by atoms with van der Waals surface area (Å²) < 4.78 is 41.8. The molecule has 1 amide bonds. The minimum atomic E-state index is -3.58. The lowest BCUT2D eigenvalue weighted by molar-refractivity contribution is 0.0938.